The molecule has 13 nitrogen and oxygen atoms in total. The number of rotatable bonds is 9. The topological polar surface area (TPSA) is 194 Å². The molecule has 2 aromatic heterocycles. The summed E-state index contributed by atoms with van der Waals surface area (Å²) < 4.78 is 12.2. The molecule has 0 aliphatic carbocycles. The highest BCUT2D eigenvalue weighted by Crippen LogP contribution is 2.33. The molecular weight excluding hydrogens is 492 g/mol. The molecule has 0 radical (unpaired) electrons. The number of anilines is 1. The van der Waals surface area contributed by atoms with E-state index in [1.54, 1.807) is 43.5 Å². The van der Waals surface area contributed by atoms with Crippen LogP contribution >= 0.6 is 0 Å². The van der Waals surface area contributed by atoms with Crippen molar-refractivity contribution in [2.45, 2.75) is 19.9 Å². The van der Waals surface area contributed by atoms with Gasteiger partial charge in [-0.3, -0.25) is 15.2 Å². The minimum atomic E-state index is -0.833. The van der Waals surface area contributed by atoms with Crippen molar-refractivity contribution >= 4 is 17.5 Å². The van der Waals surface area contributed by atoms with Gasteiger partial charge in [0.05, 0.1) is 13.7 Å². The van der Waals surface area contributed by atoms with Crippen LogP contribution in [0.2, 0.25) is 0 Å². The largest absolute Gasteiger partial charge is 0.493 e. The number of carboxylic acid groups (broad SMARTS) is 1. The molecule has 0 spiro atoms. The van der Waals surface area contributed by atoms with Gasteiger partial charge in [-0.05, 0) is 55.0 Å². The van der Waals surface area contributed by atoms with Crippen molar-refractivity contribution in [2.75, 3.05) is 19.0 Å². The number of carbonyl (C=O) groups is 1. The maximum Gasteiger partial charge on any atom is 0.350 e. The van der Waals surface area contributed by atoms with Crippen molar-refractivity contribution < 1.29 is 19.4 Å². The number of hydrogen-bond acceptors (Lipinski definition) is 9. The van der Waals surface area contributed by atoms with Gasteiger partial charge < -0.3 is 25.6 Å². The number of nitrogens with two attached hydrogens (primary N) is 1. The molecule has 0 bridgehead atoms. The maximum absolute atomic E-state index is 12.7. The van der Waals surface area contributed by atoms with Gasteiger partial charge in [0.1, 0.15) is 11.9 Å². The van der Waals surface area contributed by atoms with E-state index in [4.69, 9.17) is 30.5 Å². The third kappa shape index (κ3) is 6.94. The van der Waals surface area contributed by atoms with Crippen molar-refractivity contribution in [3.05, 3.63) is 88.4 Å². The average molecular weight is 521 g/mol. The molecule has 38 heavy (non-hydrogen) atoms. The second-order valence-electron chi connectivity index (χ2n) is 7.71. The number of nitrogens with zero attached hydrogens (tertiary/aromatic N) is 4. The molecule has 0 unspecified atom stereocenters. The minimum absolute atomic E-state index is 0.0226. The van der Waals surface area contributed by atoms with Gasteiger partial charge in [-0.1, -0.05) is 6.07 Å². The van der Waals surface area contributed by atoms with E-state index in [2.05, 4.69) is 25.4 Å². The monoisotopic (exact) mass is 520 g/mol. The number of aliphatic carboxylic acids is 1. The molecule has 13 heteroatoms. The van der Waals surface area contributed by atoms with Crippen molar-refractivity contribution in [2.24, 2.45) is 5.73 Å². The quantitative estimate of drug-likeness (QED) is 0.161. The van der Waals surface area contributed by atoms with Gasteiger partial charge in [0.25, 0.3) is 11.9 Å². The summed E-state index contributed by atoms with van der Waals surface area (Å²) in [5.41, 5.74) is 7.20. The third-order valence-corrected chi connectivity index (χ3v) is 4.98. The smallest absolute Gasteiger partial charge is 0.350 e. The Morgan fingerprint density at radius 1 is 1.18 bits per heavy atom. The van der Waals surface area contributed by atoms with E-state index in [0.29, 0.717) is 29.5 Å². The van der Waals surface area contributed by atoms with Gasteiger partial charge in [0.15, 0.2) is 17.3 Å². The van der Waals surface area contributed by atoms with E-state index in [9.17, 15) is 4.79 Å². The predicted octanol–water partition coefficient (Wildman–Crippen LogP) is 2.33. The molecule has 2 heterocycles. The fraction of sp³-hybridized carbons (Fsp3) is 0.200. The zero-order chi connectivity index (χ0) is 27.7. The van der Waals surface area contributed by atoms with Crippen LogP contribution in [0.25, 0.3) is 5.95 Å². The van der Waals surface area contributed by atoms with Crippen molar-refractivity contribution in [3.63, 3.8) is 0 Å². The molecule has 0 aliphatic heterocycles. The van der Waals surface area contributed by atoms with Crippen LogP contribution in [0.5, 0.6) is 11.5 Å². The fourth-order valence-corrected chi connectivity index (χ4v) is 3.37. The first-order chi connectivity index (χ1) is 18.2. The number of H-pyrrole nitrogens is 1. The normalized spacial score (nSPS) is 11.0. The summed E-state index contributed by atoms with van der Waals surface area (Å²) in [5, 5.41) is 22.8. The molecule has 0 fully saturated rings. The van der Waals surface area contributed by atoms with Crippen LogP contribution in [0, 0.1) is 5.41 Å². The zero-order valence-electron chi connectivity index (χ0n) is 21.0. The number of methoxy groups -OCH3 is 1. The number of hydrogen-bond donors (Lipinski definition) is 5. The maximum atomic E-state index is 12.7. The molecule has 1 atom stereocenters. The summed E-state index contributed by atoms with van der Waals surface area (Å²) in [5.74, 6) is 0.803. The van der Waals surface area contributed by atoms with Gasteiger partial charge >= 0.3 is 5.69 Å². The number of carboxylic acids is 1. The Balaban J connectivity index is 0.000000934. The van der Waals surface area contributed by atoms with E-state index in [0.717, 1.165) is 22.9 Å². The summed E-state index contributed by atoms with van der Waals surface area (Å²) in [7, 11) is 1.57. The van der Waals surface area contributed by atoms with E-state index < -0.39 is 17.7 Å². The first-order valence-corrected chi connectivity index (χ1v) is 11.4. The standard InChI is InChI=1S/C23H24N8O3.C2H4O2/c1-3-34-18-13-15(7-10-17(18)33-2)19(28-16-8-5-14(6-9-16)20(24)25)21-29-23(32)31(30-21)22-26-11-4-12-27-22;1-2(3)4/h4-13,19,28H,3H2,1-2H3,(H3,24,25)(H,29,30,32);1H3,(H,3,4)/t19-;/m0./s1. The number of aromatic nitrogens is 5. The third-order valence-electron chi connectivity index (χ3n) is 4.98. The van der Waals surface area contributed by atoms with Crippen LogP contribution in [0.15, 0.2) is 65.7 Å². The second-order valence-corrected chi connectivity index (χ2v) is 7.71. The van der Waals surface area contributed by atoms with Crippen LogP contribution in [-0.4, -0.2) is 55.4 Å². The zero-order valence-corrected chi connectivity index (χ0v) is 21.0. The molecule has 2 aromatic carbocycles. The summed E-state index contributed by atoms with van der Waals surface area (Å²) >= 11 is 0. The number of nitrogen functional groups attached to an aromatic ring is 1. The Hall–Kier alpha value is -5.20. The Morgan fingerprint density at radius 2 is 1.84 bits per heavy atom. The van der Waals surface area contributed by atoms with E-state index in [-0.39, 0.29) is 11.8 Å². The molecule has 0 saturated carbocycles. The molecule has 0 aliphatic rings. The first kappa shape index (κ1) is 27.4. The lowest BCUT2D eigenvalue weighted by Crippen LogP contribution is -2.18. The number of benzene rings is 2. The van der Waals surface area contributed by atoms with Crippen molar-refractivity contribution in [1.82, 2.24) is 24.7 Å². The van der Waals surface area contributed by atoms with E-state index >= 15 is 0 Å². The van der Waals surface area contributed by atoms with Gasteiger partial charge in [-0.25, -0.2) is 14.8 Å². The van der Waals surface area contributed by atoms with Crippen LogP contribution in [0.4, 0.5) is 5.69 Å². The minimum Gasteiger partial charge on any atom is -0.493 e. The fourth-order valence-electron chi connectivity index (χ4n) is 3.37. The number of ether oxygens (including phenoxy) is 2. The van der Waals surface area contributed by atoms with Crippen LogP contribution in [0.1, 0.15) is 36.8 Å². The van der Waals surface area contributed by atoms with Crippen molar-refractivity contribution in [3.8, 4) is 17.4 Å². The van der Waals surface area contributed by atoms with Gasteiger partial charge in [-0.15, -0.1) is 9.78 Å². The molecule has 4 aromatic rings. The second kappa shape index (κ2) is 12.7. The summed E-state index contributed by atoms with van der Waals surface area (Å²) in [6, 6.07) is 13.7. The number of aromatic amines is 1. The highest BCUT2D eigenvalue weighted by Gasteiger charge is 2.22. The number of amidine groups is 1. The summed E-state index contributed by atoms with van der Waals surface area (Å²) in [4.78, 5) is 32.7. The van der Waals surface area contributed by atoms with Crippen LogP contribution in [-0.2, 0) is 4.79 Å². The molecule has 6 N–H and O–H groups in total. The average Bonchev–Trinajstić information content (AvgIpc) is 3.29. The van der Waals surface area contributed by atoms with E-state index in [1.165, 1.54) is 12.4 Å². The van der Waals surface area contributed by atoms with Crippen LogP contribution < -0.4 is 26.2 Å². The highest BCUT2D eigenvalue weighted by molar-refractivity contribution is 5.95. The Bertz CT molecular complexity index is 1430. The van der Waals surface area contributed by atoms with E-state index in [1.807, 2.05) is 19.1 Å². The van der Waals surface area contributed by atoms with Crippen LogP contribution in [0.3, 0.4) is 0 Å². The Morgan fingerprint density at radius 3 is 2.42 bits per heavy atom. The molecule has 198 valence electrons. The van der Waals surface area contributed by atoms with Gasteiger partial charge in [0, 0.05) is 30.6 Å². The summed E-state index contributed by atoms with van der Waals surface area (Å²) in [6.45, 7) is 3.43. The van der Waals surface area contributed by atoms with Gasteiger partial charge in [0.2, 0.25) is 0 Å². The first-order valence-electron chi connectivity index (χ1n) is 11.4. The SMILES string of the molecule is CC(=O)O.CCOc1cc([C@H](Nc2ccc(C(=N)N)cc2)c2nn(-c3ncccn3)c(=O)[nH]2)ccc1OC. The Labute approximate surface area is 217 Å². The molecular formula is C25H28N8O5. The van der Waals surface area contributed by atoms with Crippen molar-refractivity contribution in [1.29, 1.82) is 5.41 Å². The highest BCUT2D eigenvalue weighted by atomic mass is 16.5. The molecule has 0 saturated heterocycles. The Kier molecular flexibility index (Phi) is 9.13. The van der Waals surface area contributed by atoms with Gasteiger partial charge in [-0.2, -0.15) is 0 Å². The predicted molar refractivity (Wildman–Crippen MR) is 140 cm³/mol. The summed E-state index contributed by atoms with van der Waals surface area (Å²) in [6.07, 6.45) is 3.07. The molecule has 0 amide bonds. The lowest BCUT2D eigenvalue weighted by molar-refractivity contribution is -0.134. The lowest BCUT2D eigenvalue weighted by Gasteiger charge is -2.20. The molecule has 4 rings (SSSR count). The lowest BCUT2D eigenvalue weighted by atomic mass is 10.0. The number of nitrogens with one attached hydrogen (secondary N) is 3.